The van der Waals surface area contributed by atoms with Crippen LogP contribution >= 0.6 is 12.2 Å². The van der Waals surface area contributed by atoms with E-state index in [0.29, 0.717) is 6.07 Å². The van der Waals surface area contributed by atoms with Gasteiger partial charge >= 0.3 is 6.18 Å². The number of anilines is 1. The second-order valence-electron chi connectivity index (χ2n) is 3.19. The van der Waals surface area contributed by atoms with Crippen LogP contribution in [0.4, 0.5) is 24.5 Å². The summed E-state index contributed by atoms with van der Waals surface area (Å²) in [6, 6.07) is 2.39. The molecule has 0 aliphatic rings. The summed E-state index contributed by atoms with van der Waals surface area (Å²) in [5.74, 6) is 0. The zero-order chi connectivity index (χ0) is 13.9. The van der Waals surface area contributed by atoms with E-state index in [4.69, 9.17) is 0 Å². The van der Waals surface area contributed by atoms with Gasteiger partial charge in [0.05, 0.1) is 16.2 Å². The summed E-state index contributed by atoms with van der Waals surface area (Å²) < 4.78 is 38.2. The van der Waals surface area contributed by atoms with Crippen molar-refractivity contribution in [3.63, 3.8) is 0 Å². The fraction of sp³-hybridized carbons (Fsp3) is 0.222. The first kappa shape index (κ1) is 14.2. The zero-order valence-corrected chi connectivity index (χ0v) is 9.85. The Hall–Kier alpha value is -1.90. The summed E-state index contributed by atoms with van der Waals surface area (Å²) in [6.45, 7) is 0. The molecule has 1 aromatic rings. The average molecular weight is 279 g/mol. The van der Waals surface area contributed by atoms with E-state index >= 15 is 0 Å². The van der Waals surface area contributed by atoms with Crippen LogP contribution in [0, 0.1) is 10.1 Å². The molecule has 9 heteroatoms. The van der Waals surface area contributed by atoms with E-state index in [-0.39, 0.29) is 10.8 Å². The highest BCUT2D eigenvalue weighted by atomic mass is 32.1. The van der Waals surface area contributed by atoms with Gasteiger partial charge in [-0.25, -0.2) is 0 Å². The van der Waals surface area contributed by atoms with E-state index in [1.165, 1.54) is 7.05 Å². The Balaban J connectivity index is 3.26. The topological polar surface area (TPSA) is 67.2 Å². The minimum Gasteiger partial charge on any atom is -0.366 e. The molecule has 0 saturated carbocycles. The van der Waals surface area contributed by atoms with Gasteiger partial charge in [-0.05, 0) is 18.3 Å². The van der Waals surface area contributed by atoms with Crippen LogP contribution in [0.15, 0.2) is 18.2 Å². The van der Waals surface area contributed by atoms with Crippen LogP contribution in [0.5, 0.6) is 0 Å². The van der Waals surface area contributed by atoms with Crippen LogP contribution in [-0.2, 0) is 6.18 Å². The maximum atomic E-state index is 12.7. The molecule has 0 spiro atoms. The second-order valence-corrected chi connectivity index (χ2v) is 3.60. The predicted octanol–water partition coefficient (Wildman–Crippen LogP) is 2.53. The number of nitro benzene ring substituents is 1. The first-order valence-electron chi connectivity index (χ1n) is 4.60. The smallest absolute Gasteiger partial charge is 0.366 e. The van der Waals surface area contributed by atoms with Crippen molar-refractivity contribution in [2.75, 3.05) is 12.4 Å². The van der Waals surface area contributed by atoms with Gasteiger partial charge in [-0.3, -0.25) is 10.1 Å². The number of benzene rings is 1. The highest BCUT2D eigenvalue weighted by molar-refractivity contribution is 7.80. The molecule has 2 N–H and O–H groups in total. The molecule has 0 bridgehead atoms. The number of rotatable bonds is 2. The third kappa shape index (κ3) is 3.29. The summed E-state index contributed by atoms with van der Waals surface area (Å²) in [4.78, 5) is 9.56. The van der Waals surface area contributed by atoms with Crippen molar-refractivity contribution < 1.29 is 18.1 Å². The minimum atomic E-state index is -4.71. The van der Waals surface area contributed by atoms with Crippen molar-refractivity contribution in [1.82, 2.24) is 5.32 Å². The Kier molecular flexibility index (Phi) is 4.07. The maximum Gasteiger partial charge on any atom is 0.418 e. The summed E-state index contributed by atoms with van der Waals surface area (Å²) >= 11 is 4.68. The van der Waals surface area contributed by atoms with Gasteiger partial charge in [0.15, 0.2) is 5.11 Å². The monoisotopic (exact) mass is 279 g/mol. The van der Waals surface area contributed by atoms with Gasteiger partial charge in [0, 0.05) is 19.2 Å². The van der Waals surface area contributed by atoms with E-state index in [9.17, 15) is 23.3 Å². The van der Waals surface area contributed by atoms with Gasteiger partial charge in [0.25, 0.3) is 5.69 Å². The van der Waals surface area contributed by atoms with Crippen molar-refractivity contribution in [1.29, 1.82) is 0 Å². The molecule has 0 saturated heterocycles. The van der Waals surface area contributed by atoms with Gasteiger partial charge < -0.3 is 10.6 Å². The zero-order valence-electron chi connectivity index (χ0n) is 9.04. The van der Waals surface area contributed by atoms with E-state index in [1.807, 2.05) is 0 Å². The second kappa shape index (κ2) is 5.17. The number of halogens is 3. The van der Waals surface area contributed by atoms with Crippen molar-refractivity contribution in [2.24, 2.45) is 0 Å². The lowest BCUT2D eigenvalue weighted by atomic mass is 10.1. The molecule has 0 aromatic heterocycles. The molecule has 0 heterocycles. The van der Waals surface area contributed by atoms with Crippen molar-refractivity contribution in [2.45, 2.75) is 6.18 Å². The van der Waals surface area contributed by atoms with Crippen molar-refractivity contribution in [3.8, 4) is 0 Å². The summed E-state index contributed by atoms with van der Waals surface area (Å²) in [5.41, 5.74) is -2.12. The summed E-state index contributed by atoms with van der Waals surface area (Å²) in [5, 5.41) is 15.2. The predicted molar refractivity (Wildman–Crippen MR) is 63.4 cm³/mol. The average Bonchev–Trinajstić information content (AvgIpc) is 2.27. The summed E-state index contributed by atoms with van der Waals surface area (Å²) in [6.07, 6.45) is -4.71. The third-order valence-corrected chi connectivity index (χ3v) is 2.30. The lowest BCUT2D eigenvalue weighted by Gasteiger charge is -2.14. The molecule has 1 aromatic carbocycles. The lowest BCUT2D eigenvalue weighted by molar-refractivity contribution is -0.385. The van der Waals surface area contributed by atoms with Gasteiger partial charge in [-0.15, -0.1) is 0 Å². The minimum absolute atomic E-state index is 0.0191. The van der Waals surface area contributed by atoms with E-state index in [2.05, 4.69) is 22.9 Å². The van der Waals surface area contributed by atoms with Crippen LogP contribution in [-0.4, -0.2) is 17.1 Å². The molecular formula is C9H8F3N3O2S. The Labute approximate surface area is 105 Å². The lowest BCUT2D eigenvalue weighted by Crippen LogP contribution is -2.25. The largest absolute Gasteiger partial charge is 0.418 e. The molecule has 98 valence electrons. The summed E-state index contributed by atoms with van der Waals surface area (Å²) in [7, 11) is 1.44. The Morgan fingerprint density at radius 3 is 2.50 bits per heavy atom. The molecule has 0 unspecified atom stereocenters. The number of nitro groups is 1. The maximum absolute atomic E-state index is 12.7. The van der Waals surface area contributed by atoms with E-state index < -0.39 is 22.4 Å². The number of alkyl halides is 3. The normalized spacial score (nSPS) is 10.9. The molecule has 0 aliphatic heterocycles. The van der Waals surface area contributed by atoms with Gasteiger partial charge in [-0.1, -0.05) is 0 Å². The number of thiocarbonyl (C=S) groups is 1. The quantitative estimate of drug-likeness (QED) is 0.494. The molecule has 0 atom stereocenters. The highest BCUT2D eigenvalue weighted by Gasteiger charge is 2.35. The van der Waals surface area contributed by atoms with Crippen LogP contribution in [0.25, 0.3) is 0 Å². The van der Waals surface area contributed by atoms with Crippen LogP contribution in [0.1, 0.15) is 5.56 Å². The molecular weight excluding hydrogens is 271 g/mol. The Bertz CT molecular complexity index is 490. The highest BCUT2D eigenvalue weighted by Crippen LogP contribution is 2.36. The molecule has 0 radical (unpaired) electrons. The molecule has 1 rings (SSSR count). The van der Waals surface area contributed by atoms with Crippen molar-refractivity contribution >= 4 is 28.7 Å². The Morgan fingerprint density at radius 1 is 1.44 bits per heavy atom. The van der Waals surface area contributed by atoms with E-state index in [0.717, 1.165) is 12.1 Å². The fourth-order valence-electron chi connectivity index (χ4n) is 1.17. The van der Waals surface area contributed by atoms with Gasteiger partial charge in [0.2, 0.25) is 0 Å². The number of non-ortho nitro benzene ring substituents is 1. The molecule has 0 aliphatic carbocycles. The molecule has 5 nitrogen and oxygen atoms in total. The van der Waals surface area contributed by atoms with Gasteiger partial charge in [0.1, 0.15) is 0 Å². The molecule has 0 fully saturated rings. The van der Waals surface area contributed by atoms with Crippen molar-refractivity contribution in [3.05, 3.63) is 33.9 Å². The van der Waals surface area contributed by atoms with Crippen LogP contribution in [0.3, 0.4) is 0 Å². The van der Waals surface area contributed by atoms with Crippen LogP contribution < -0.4 is 10.6 Å². The SMILES string of the molecule is CNC(=S)Nc1ccc([N+](=O)[O-])cc1C(F)(F)F. The number of hydrogen-bond acceptors (Lipinski definition) is 3. The van der Waals surface area contributed by atoms with Gasteiger partial charge in [-0.2, -0.15) is 13.2 Å². The number of hydrogen-bond donors (Lipinski definition) is 2. The number of nitrogens with zero attached hydrogens (tertiary/aromatic N) is 1. The number of nitrogens with one attached hydrogen (secondary N) is 2. The first-order chi connectivity index (χ1) is 8.25. The standard InChI is InChI=1S/C9H8F3N3O2S/c1-13-8(18)14-7-3-2-5(15(16)17)4-6(7)9(10,11)12/h2-4H,1H3,(H2,13,14,18). The Morgan fingerprint density at radius 2 is 2.06 bits per heavy atom. The van der Waals surface area contributed by atoms with Crippen LogP contribution in [0.2, 0.25) is 0 Å². The first-order valence-corrected chi connectivity index (χ1v) is 5.01. The fourth-order valence-corrected chi connectivity index (χ4v) is 1.28. The molecule has 18 heavy (non-hydrogen) atoms. The van der Waals surface area contributed by atoms with E-state index in [1.54, 1.807) is 0 Å². The third-order valence-electron chi connectivity index (χ3n) is 1.99. The molecule has 0 amide bonds.